The molecule has 0 spiro atoms. The van der Waals surface area contributed by atoms with Crippen molar-refractivity contribution in [2.45, 2.75) is 25.5 Å². The Morgan fingerprint density at radius 3 is 3.00 bits per heavy atom. The lowest BCUT2D eigenvalue weighted by molar-refractivity contribution is 0.120. The summed E-state index contributed by atoms with van der Waals surface area (Å²) in [6.07, 6.45) is 2.44. The molecular weight excluding hydrogens is 250 g/mol. The molecule has 1 aliphatic carbocycles. The summed E-state index contributed by atoms with van der Waals surface area (Å²) in [7, 11) is 0. The van der Waals surface area contributed by atoms with Crippen LogP contribution in [0.4, 0.5) is 0 Å². The van der Waals surface area contributed by atoms with Gasteiger partial charge in [-0.05, 0) is 31.0 Å². The highest BCUT2D eigenvalue weighted by Gasteiger charge is 2.28. The molecule has 96 valence electrons. The third-order valence-electron chi connectivity index (χ3n) is 3.13. The van der Waals surface area contributed by atoms with Gasteiger partial charge in [-0.1, -0.05) is 11.6 Å². The van der Waals surface area contributed by atoms with Crippen LogP contribution in [0.15, 0.2) is 18.2 Å². The van der Waals surface area contributed by atoms with Crippen LogP contribution in [0.5, 0.6) is 0 Å². The lowest BCUT2D eigenvalue weighted by atomic mass is 10.3. The molecule has 0 aliphatic heterocycles. The van der Waals surface area contributed by atoms with E-state index in [-0.39, 0.29) is 0 Å². The van der Waals surface area contributed by atoms with Gasteiger partial charge in [0.05, 0.1) is 17.6 Å². The number of benzene rings is 1. The van der Waals surface area contributed by atoms with Crippen molar-refractivity contribution in [3.05, 3.63) is 29.0 Å². The molecule has 1 heterocycles. The van der Waals surface area contributed by atoms with E-state index in [1.807, 2.05) is 18.2 Å². The maximum absolute atomic E-state index is 6.01. The number of halogens is 1. The van der Waals surface area contributed by atoms with Crippen molar-refractivity contribution >= 4 is 22.6 Å². The highest BCUT2D eigenvalue weighted by molar-refractivity contribution is 6.31. The van der Waals surface area contributed by atoms with Gasteiger partial charge in [0.1, 0.15) is 12.4 Å². The molecule has 1 saturated carbocycles. The Hall–Kier alpha value is -1.10. The van der Waals surface area contributed by atoms with Gasteiger partial charge < -0.3 is 15.0 Å². The molecule has 2 N–H and O–H groups in total. The first-order valence-corrected chi connectivity index (χ1v) is 6.61. The number of rotatable bonds is 5. The Morgan fingerprint density at radius 1 is 1.44 bits per heavy atom. The van der Waals surface area contributed by atoms with Crippen LogP contribution in [0, 0.1) is 0 Å². The molecule has 0 atom stereocenters. The third-order valence-corrected chi connectivity index (χ3v) is 3.37. The summed E-state index contributed by atoms with van der Waals surface area (Å²) < 4.78 is 7.79. The number of ether oxygens (including phenoxy) is 1. The second kappa shape index (κ2) is 4.88. The Morgan fingerprint density at radius 2 is 2.28 bits per heavy atom. The highest BCUT2D eigenvalue weighted by atomic mass is 35.5. The van der Waals surface area contributed by atoms with Gasteiger partial charge in [0.15, 0.2) is 0 Å². The smallest absolute Gasteiger partial charge is 0.136 e. The van der Waals surface area contributed by atoms with Crippen molar-refractivity contribution in [3.63, 3.8) is 0 Å². The van der Waals surface area contributed by atoms with Gasteiger partial charge in [0.25, 0.3) is 0 Å². The van der Waals surface area contributed by atoms with E-state index in [0.29, 0.717) is 25.8 Å². The van der Waals surface area contributed by atoms with Gasteiger partial charge in [0, 0.05) is 17.6 Å². The van der Waals surface area contributed by atoms with E-state index in [9.17, 15) is 0 Å². The normalized spacial score (nSPS) is 15.4. The second-order valence-corrected chi connectivity index (χ2v) is 5.04. The van der Waals surface area contributed by atoms with Gasteiger partial charge in [-0.25, -0.2) is 4.98 Å². The zero-order valence-corrected chi connectivity index (χ0v) is 10.9. The van der Waals surface area contributed by atoms with Crippen molar-refractivity contribution in [1.82, 2.24) is 9.55 Å². The maximum atomic E-state index is 6.01. The topological polar surface area (TPSA) is 53.1 Å². The fraction of sp³-hybridized carbons (Fsp3) is 0.462. The molecule has 2 aromatic rings. The number of aromatic nitrogens is 2. The Bertz CT molecular complexity index is 563. The average Bonchev–Trinajstić information content (AvgIpc) is 3.12. The lowest BCUT2D eigenvalue weighted by Crippen LogP contribution is -2.10. The quantitative estimate of drug-likeness (QED) is 0.845. The van der Waals surface area contributed by atoms with E-state index in [1.165, 1.54) is 12.8 Å². The SMILES string of the molecule is NCCOCc1nc2cc(Cl)ccc2n1C1CC1. The zero-order valence-electron chi connectivity index (χ0n) is 10.1. The van der Waals surface area contributed by atoms with E-state index in [4.69, 9.17) is 22.1 Å². The molecule has 1 fully saturated rings. The molecule has 0 amide bonds. The van der Waals surface area contributed by atoms with Crippen molar-refractivity contribution in [3.8, 4) is 0 Å². The summed E-state index contributed by atoms with van der Waals surface area (Å²) in [5.41, 5.74) is 7.52. The van der Waals surface area contributed by atoms with Crippen LogP contribution < -0.4 is 5.73 Å². The fourth-order valence-corrected chi connectivity index (χ4v) is 2.38. The minimum Gasteiger partial charge on any atom is -0.372 e. The van der Waals surface area contributed by atoms with Crippen molar-refractivity contribution in [2.24, 2.45) is 5.73 Å². The Labute approximate surface area is 111 Å². The number of fused-ring (bicyclic) bond motifs is 1. The van der Waals surface area contributed by atoms with Crippen LogP contribution in [0.25, 0.3) is 11.0 Å². The number of hydrogen-bond acceptors (Lipinski definition) is 3. The van der Waals surface area contributed by atoms with Crippen LogP contribution in [-0.4, -0.2) is 22.7 Å². The molecule has 0 saturated heterocycles. The average molecular weight is 266 g/mol. The van der Waals surface area contributed by atoms with Gasteiger partial charge in [-0.15, -0.1) is 0 Å². The molecule has 1 aromatic carbocycles. The summed E-state index contributed by atoms with van der Waals surface area (Å²) in [6, 6.07) is 6.43. The summed E-state index contributed by atoms with van der Waals surface area (Å²) >= 11 is 6.01. The molecular formula is C13H16ClN3O. The van der Waals surface area contributed by atoms with Crippen LogP contribution in [0.3, 0.4) is 0 Å². The van der Waals surface area contributed by atoms with E-state index < -0.39 is 0 Å². The van der Waals surface area contributed by atoms with Gasteiger partial charge in [0.2, 0.25) is 0 Å². The number of imidazole rings is 1. The molecule has 0 radical (unpaired) electrons. The number of nitrogens with two attached hydrogens (primary N) is 1. The Balaban J connectivity index is 1.98. The van der Waals surface area contributed by atoms with E-state index in [1.54, 1.807) is 0 Å². The molecule has 0 bridgehead atoms. The van der Waals surface area contributed by atoms with Crippen LogP contribution in [-0.2, 0) is 11.3 Å². The molecule has 1 aromatic heterocycles. The minimum atomic E-state index is 0.514. The molecule has 5 heteroatoms. The predicted octanol–water partition coefficient (Wildman–Crippen LogP) is 2.50. The van der Waals surface area contributed by atoms with Gasteiger partial charge in [-0.2, -0.15) is 0 Å². The maximum Gasteiger partial charge on any atom is 0.136 e. The van der Waals surface area contributed by atoms with Gasteiger partial charge >= 0.3 is 0 Å². The summed E-state index contributed by atoms with van der Waals surface area (Å²) in [5, 5.41) is 0.720. The summed E-state index contributed by atoms with van der Waals surface area (Å²) in [5.74, 6) is 0.975. The second-order valence-electron chi connectivity index (χ2n) is 4.60. The molecule has 4 nitrogen and oxygen atoms in total. The van der Waals surface area contributed by atoms with Crippen molar-refractivity contribution in [2.75, 3.05) is 13.2 Å². The van der Waals surface area contributed by atoms with Crippen LogP contribution >= 0.6 is 11.6 Å². The summed E-state index contributed by atoms with van der Waals surface area (Å²) in [6.45, 7) is 1.62. The monoisotopic (exact) mass is 265 g/mol. The van der Waals surface area contributed by atoms with E-state index >= 15 is 0 Å². The van der Waals surface area contributed by atoms with Gasteiger partial charge in [-0.3, -0.25) is 0 Å². The highest BCUT2D eigenvalue weighted by Crippen LogP contribution is 2.39. The lowest BCUT2D eigenvalue weighted by Gasteiger charge is -2.07. The first-order valence-electron chi connectivity index (χ1n) is 6.24. The molecule has 1 aliphatic rings. The van der Waals surface area contributed by atoms with Crippen molar-refractivity contribution in [1.29, 1.82) is 0 Å². The van der Waals surface area contributed by atoms with E-state index in [2.05, 4.69) is 9.55 Å². The largest absolute Gasteiger partial charge is 0.372 e. The van der Waals surface area contributed by atoms with Crippen molar-refractivity contribution < 1.29 is 4.74 Å². The molecule has 0 unspecified atom stereocenters. The minimum absolute atomic E-state index is 0.514. The predicted molar refractivity (Wildman–Crippen MR) is 71.7 cm³/mol. The molecule has 3 rings (SSSR count). The fourth-order valence-electron chi connectivity index (χ4n) is 2.21. The standard InChI is InChI=1S/C13H16ClN3O/c14-9-1-4-12-11(7-9)16-13(8-18-6-5-15)17(12)10-2-3-10/h1,4,7,10H,2-3,5-6,8,15H2. The number of hydrogen-bond donors (Lipinski definition) is 1. The Kier molecular flexibility index (Phi) is 3.24. The van der Waals surface area contributed by atoms with Crippen LogP contribution in [0.1, 0.15) is 24.7 Å². The first kappa shape index (κ1) is 12.0. The zero-order chi connectivity index (χ0) is 12.5. The summed E-state index contributed by atoms with van der Waals surface area (Å²) in [4.78, 5) is 4.62. The third kappa shape index (κ3) is 2.23. The van der Waals surface area contributed by atoms with E-state index in [0.717, 1.165) is 21.9 Å². The van der Waals surface area contributed by atoms with Crippen LogP contribution in [0.2, 0.25) is 5.02 Å². The molecule has 18 heavy (non-hydrogen) atoms. The first-order chi connectivity index (χ1) is 8.79. The number of nitrogens with zero attached hydrogens (tertiary/aromatic N) is 2.